The number of hydrogen-bond donors (Lipinski definition) is 2. The van der Waals surface area contributed by atoms with Gasteiger partial charge in [-0.3, -0.25) is 14.0 Å². The maximum atomic E-state index is 12.8. The van der Waals surface area contributed by atoms with Gasteiger partial charge in [-0.25, -0.2) is 4.98 Å². The molecule has 2 aromatic heterocycles. The van der Waals surface area contributed by atoms with E-state index in [0.29, 0.717) is 5.52 Å². The van der Waals surface area contributed by atoms with Crippen molar-refractivity contribution in [1.82, 2.24) is 20.0 Å². The molecule has 2 N–H and O–H groups in total. The van der Waals surface area contributed by atoms with Crippen molar-refractivity contribution in [3.63, 3.8) is 0 Å². The molecule has 1 aromatic carbocycles. The zero-order valence-electron chi connectivity index (χ0n) is 14.5. The minimum atomic E-state index is -0.296. The highest BCUT2D eigenvalue weighted by molar-refractivity contribution is 6.02. The molecule has 2 heterocycles. The molecular weight excluding hydrogens is 328 g/mol. The summed E-state index contributed by atoms with van der Waals surface area (Å²) in [4.78, 5) is 29.6. The number of nitrogens with zero attached hydrogens (tertiary/aromatic N) is 2. The second kappa shape index (κ2) is 6.63. The van der Waals surface area contributed by atoms with Crippen LogP contribution in [-0.2, 0) is 0 Å². The molecule has 4 rings (SSSR count). The fourth-order valence-electron chi connectivity index (χ4n) is 2.93. The number of rotatable bonds is 5. The Morgan fingerprint density at radius 3 is 2.54 bits per heavy atom. The Kier molecular flexibility index (Phi) is 4.16. The normalized spacial score (nSPS) is 14.8. The van der Waals surface area contributed by atoms with E-state index >= 15 is 0 Å². The number of nitrogens with one attached hydrogen (secondary N) is 2. The van der Waals surface area contributed by atoms with E-state index < -0.39 is 0 Å². The summed E-state index contributed by atoms with van der Waals surface area (Å²) in [6.07, 6.45) is 3.75. The molecule has 1 saturated carbocycles. The van der Waals surface area contributed by atoms with Crippen LogP contribution in [0.15, 0.2) is 54.7 Å². The number of hydrogen-bond acceptors (Lipinski definition) is 3. The van der Waals surface area contributed by atoms with Crippen LogP contribution >= 0.6 is 0 Å². The number of pyridine rings is 1. The monoisotopic (exact) mass is 348 g/mol. The summed E-state index contributed by atoms with van der Waals surface area (Å²) in [6.45, 7) is 1.92. The predicted octanol–water partition coefficient (Wildman–Crippen LogP) is 2.72. The third kappa shape index (κ3) is 3.18. The number of fused-ring (bicyclic) bond motifs is 1. The summed E-state index contributed by atoms with van der Waals surface area (Å²) in [7, 11) is 0. The Hall–Kier alpha value is -3.15. The highest BCUT2D eigenvalue weighted by atomic mass is 16.2. The third-order valence-electron chi connectivity index (χ3n) is 4.53. The molecule has 1 atom stereocenters. The van der Waals surface area contributed by atoms with Crippen molar-refractivity contribution >= 4 is 17.3 Å². The summed E-state index contributed by atoms with van der Waals surface area (Å²) in [5.41, 5.74) is 1.89. The lowest BCUT2D eigenvalue weighted by Crippen LogP contribution is -2.28. The van der Waals surface area contributed by atoms with Gasteiger partial charge in [-0.15, -0.1) is 0 Å². The van der Waals surface area contributed by atoms with E-state index in [4.69, 9.17) is 0 Å². The smallest absolute Gasteiger partial charge is 0.287 e. The van der Waals surface area contributed by atoms with Crippen LogP contribution < -0.4 is 10.6 Å². The van der Waals surface area contributed by atoms with Gasteiger partial charge in [-0.1, -0.05) is 36.4 Å². The molecule has 1 aliphatic rings. The zero-order chi connectivity index (χ0) is 18.1. The second-order valence-electron chi connectivity index (χ2n) is 6.59. The number of carbonyl (C=O) groups excluding carboxylic acids is 2. The lowest BCUT2D eigenvalue weighted by atomic mass is 10.1. The lowest BCUT2D eigenvalue weighted by molar-refractivity contribution is 0.0936. The molecule has 0 radical (unpaired) electrons. The van der Waals surface area contributed by atoms with Crippen LogP contribution in [-0.4, -0.2) is 27.2 Å². The molecule has 0 spiro atoms. The molecule has 1 aliphatic carbocycles. The molecule has 0 saturated heterocycles. The fourth-order valence-corrected chi connectivity index (χ4v) is 2.93. The van der Waals surface area contributed by atoms with Gasteiger partial charge in [-0.05, 0) is 37.5 Å². The Morgan fingerprint density at radius 2 is 1.81 bits per heavy atom. The van der Waals surface area contributed by atoms with Crippen molar-refractivity contribution in [3.05, 3.63) is 71.8 Å². The Labute approximate surface area is 151 Å². The minimum Gasteiger partial charge on any atom is -0.347 e. The van der Waals surface area contributed by atoms with E-state index in [2.05, 4.69) is 15.6 Å². The first kappa shape index (κ1) is 16.3. The Bertz CT molecular complexity index is 960. The van der Waals surface area contributed by atoms with Crippen LogP contribution in [0.25, 0.3) is 5.52 Å². The van der Waals surface area contributed by atoms with Gasteiger partial charge < -0.3 is 10.6 Å². The second-order valence-corrected chi connectivity index (χ2v) is 6.59. The summed E-state index contributed by atoms with van der Waals surface area (Å²) in [5, 5.41) is 5.89. The maximum Gasteiger partial charge on any atom is 0.287 e. The average molecular weight is 348 g/mol. The molecule has 2 amide bonds. The number of imidazole rings is 1. The fraction of sp³-hybridized carbons (Fsp3) is 0.250. The number of amides is 2. The average Bonchev–Trinajstić information content (AvgIpc) is 3.39. The van der Waals surface area contributed by atoms with Crippen molar-refractivity contribution in [2.75, 3.05) is 0 Å². The first-order chi connectivity index (χ1) is 12.6. The summed E-state index contributed by atoms with van der Waals surface area (Å²) >= 11 is 0. The van der Waals surface area contributed by atoms with Gasteiger partial charge in [0.25, 0.3) is 11.8 Å². The van der Waals surface area contributed by atoms with Gasteiger partial charge in [-0.2, -0.15) is 0 Å². The van der Waals surface area contributed by atoms with E-state index in [1.54, 1.807) is 16.7 Å². The largest absolute Gasteiger partial charge is 0.347 e. The van der Waals surface area contributed by atoms with Crippen molar-refractivity contribution < 1.29 is 9.59 Å². The van der Waals surface area contributed by atoms with Crippen LogP contribution in [0.3, 0.4) is 0 Å². The Morgan fingerprint density at radius 1 is 1.08 bits per heavy atom. The molecule has 6 heteroatoms. The quantitative estimate of drug-likeness (QED) is 0.744. The SMILES string of the molecule is CC(NC(=O)c1nc(C(=O)NC2CC2)n2ccccc12)c1ccccc1. The zero-order valence-corrected chi connectivity index (χ0v) is 14.5. The molecule has 132 valence electrons. The molecule has 6 nitrogen and oxygen atoms in total. The predicted molar refractivity (Wildman–Crippen MR) is 98.0 cm³/mol. The van der Waals surface area contributed by atoms with Crippen molar-refractivity contribution in [2.45, 2.75) is 31.8 Å². The standard InChI is InChI=1S/C20H20N4O2/c1-13(14-7-3-2-4-8-14)21-19(25)17-16-9-5-6-12-24(16)18(23-17)20(26)22-15-10-11-15/h2-9,12-13,15H,10-11H2,1H3,(H,21,25)(H,22,26). The van der Waals surface area contributed by atoms with Gasteiger partial charge >= 0.3 is 0 Å². The van der Waals surface area contributed by atoms with Gasteiger partial charge in [0.15, 0.2) is 5.69 Å². The van der Waals surface area contributed by atoms with E-state index in [1.165, 1.54) is 0 Å². The van der Waals surface area contributed by atoms with E-state index in [9.17, 15) is 9.59 Å². The molecule has 26 heavy (non-hydrogen) atoms. The number of carbonyl (C=O) groups is 2. The van der Waals surface area contributed by atoms with Gasteiger partial charge in [0.1, 0.15) is 0 Å². The van der Waals surface area contributed by atoms with Crippen LogP contribution in [0, 0.1) is 0 Å². The lowest BCUT2D eigenvalue weighted by Gasteiger charge is -2.13. The highest BCUT2D eigenvalue weighted by Gasteiger charge is 2.27. The summed E-state index contributed by atoms with van der Waals surface area (Å²) in [5.74, 6) is -0.301. The van der Waals surface area contributed by atoms with Gasteiger partial charge in [0, 0.05) is 12.2 Å². The molecule has 0 aliphatic heterocycles. The van der Waals surface area contributed by atoms with Crippen molar-refractivity contribution in [3.8, 4) is 0 Å². The van der Waals surface area contributed by atoms with Crippen LogP contribution in [0.4, 0.5) is 0 Å². The minimum absolute atomic E-state index is 0.159. The van der Waals surface area contributed by atoms with Crippen LogP contribution in [0.1, 0.15) is 52.5 Å². The highest BCUT2D eigenvalue weighted by Crippen LogP contribution is 2.20. The maximum absolute atomic E-state index is 12.8. The van der Waals surface area contributed by atoms with E-state index in [-0.39, 0.29) is 35.4 Å². The van der Waals surface area contributed by atoms with Gasteiger partial charge in [0.2, 0.25) is 5.82 Å². The topological polar surface area (TPSA) is 75.5 Å². The number of benzene rings is 1. The molecular formula is C20H20N4O2. The van der Waals surface area contributed by atoms with Crippen LogP contribution in [0.5, 0.6) is 0 Å². The van der Waals surface area contributed by atoms with Crippen LogP contribution in [0.2, 0.25) is 0 Å². The summed E-state index contributed by atoms with van der Waals surface area (Å²) in [6, 6.07) is 15.2. The van der Waals surface area contributed by atoms with Crippen molar-refractivity contribution in [2.24, 2.45) is 0 Å². The number of aromatic nitrogens is 2. The van der Waals surface area contributed by atoms with Gasteiger partial charge in [0.05, 0.1) is 11.6 Å². The van der Waals surface area contributed by atoms with Crippen molar-refractivity contribution in [1.29, 1.82) is 0 Å². The summed E-state index contributed by atoms with van der Waals surface area (Å²) < 4.78 is 1.67. The third-order valence-corrected chi connectivity index (χ3v) is 4.53. The molecule has 0 bridgehead atoms. The molecule has 1 unspecified atom stereocenters. The first-order valence-electron chi connectivity index (χ1n) is 8.77. The first-order valence-corrected chi connectivity index (χ1v) is 8.77. The Balaban J connectivity index is 1.63. The van der Waals surface area contributed by atoms with E-state index in [1.807, 2.05) is 49.4 Å². The van der Waals surface area contributed by atoms with E-state index in [0.717, 1.165) is 18.4 Å². The molecule has 1 fully saturated rings. The molecule has 3 aromatic rings.